The van der Waals surface area contributed by atoms with Gasteiger partial charge in [-0.15, -0.1) is 0 Å². The Labute approximate surface area is 125 Å². The molecule has 0 saturated carbocycles. The second-order valence-electron chi connectivity index (χ2n) is 4.12. The van der Waals surface area contributed by atoms with Crippen molar-refractivity contribution in [2.45, 2.75) is 39.5 Å². The number of hydrogen-bond acceptors (Lipinski definition) is 6. The van der Waals surface area contributed by atoms with Gasteiger partial charge in [-0.3, -0.25) is 0 Å². The van der Waals surface area contributed by atoms with E-state index in [0.29, 0.717) is 12.1 Å². The lowest BCUT2D eigenvalue weighted by Gasteiger charge is -2.03. The van der Waals surface area contributed by atoms with Crippen LogP contribution in [0.4, 0.5) is 4.79 Å². The van der Waals surface area contributed by atoms with Crippen molar-refractivity contribution in [1.29, 1.82) is 0 Å². The molecule has 0 aromatic heterocycles. The van der Waals surface area contributed by atoms with Crippen molar-refractivity contribution in [1.82, 2.24) is 0 Å². The van der Waals surface area contributed by atoms with Gasteiger partial charge in [0.05, 0.1) is 6.54 Å². The molecule has 0 aliphatic rings. The van der Waals surface area contributed by atoms with Crippen LogP contribution < -0.4 is 5.73 Å². The fraction of sp³-hybridized carbons (Fsp3) is 0.643. The first-order valence-corrected chi connectivity index (χ1v) is 6.74. The molecule has 0 heterocycles. The molecule has 7 heteroatoms. The van der Waals surface area contributed by atoms with Gasteiger partial charge in [-0.2, -0.15) is 0 Å². The average molecular weight is 300 g/mol. The summed E-state index contributed by atoms with van der Waals surface area (Å²) in [5, 5.41) is 0. The smallest absolute Gasteiger partial charge is 0.404 e. The Bertz CT molecular complexity index is 362. The van der Waals surface area contributed by atoms with Crippen molar-refractivity contribution in [3.63, 3.8) is 0 Å². The summed E-state index contributed by atoms with van der Waals surface area (Å²) in [6, 6.07) is 0. The number of carbonyl (C=O) groups excluding carboxylic acids is 3. The molecule has 0 saturated heterocycles. The first kappa shape index (κ1) is 21.2. The summed E-state index contributed by atoms with van der Waals surface area (Å²) < 4.78 is 8.89. The van der Waals surface area contributed by atoms with E-state index in [9.17, 15) is 14.4 Å². The minimum atomic E-state index is -0.888. The first-order chi connectivity index (χ1) is 9.95. The van der Waals surface area contributed by atoms with Gasteiger partial charge in [0.15, 0.2) is 0 Å². The number of isocyanates is 1. The van der Waals surface area contributed by atoms with Crippen molar-refractivity contribution in [2.24, 2.45) is 10.7 Å². The summed E-state index contributed by atoms with van der Waals surface area (Å²) in [6.45, 7) is 7.66. The molecule has 0 aliphatic carbocycles. The summed E-state index contributed by atoms with van der Waals surface area (Å²) in [5.41, 5.74) is 4.95. The van der Waals surface area contributed by atoms with Crippen LogP contribution in [0.5, 0.6) is 0 Å². The second kappa shape index (κ2) is 15.9. The van der Waals surface area contributed by atoms with Crippen molar-refractivity contribution in [3.8, 4) is 0 Å². The van der Waals surface area contributed by atoms with E-state index in [1.54, 1.807) is 0 Å². The van der Waals surface area contributed by atoms with Gasteiger partial charge in [0.1, 0.15) is 13.2 Å². The molecule has 0 radical (unpaired) electrons. The third-order valence-corrected chi connectivity index (χ3v) is 2.10. The van der Waals surface area contributed by atoms with Crippen LogP contribution >= 0.6 is 0 Å². The lowest BCUT2D eigenvalue weighted by molar-refractivity contribution is -0.139. The van der Waals surface area contributed by atoms with Crippen LogP contribution in [-0.4, -0.2) is 37.9 Å². The highest BCUT2D eigenvalue weighted by Gasteiger charge is 2.02. The molecule has 0 aromatic carbocycles. The molecule has 2 N–H and O–H groups in total. The number of aliphatic imine (C=N–C) groups is 1. The molecule has 0 fully saturated rings. The van der Waals surface area contributed by atoms with Crippen LogP contribution in [0.1, 0.15) is 39.5 Å². The summed E-state index contributed by atoms with van der Waals surface area (Å²) in [4.78, 5) is 33.7. The van der Waals surface area contributed by atoms with E-state index in [2.05, 4.69) is 33.7 Å². The standard InChI is InChI=1S/C7H11NO4.C7H13NO/c1-5(2)6(9)11-3-4-12-7(8)10;1-2-3-4-5-6-8-7-9/h1,3-4H2,2H3,(H2,8,10);2-6H2,1H3. The van der Waals surface area contributed by atoms with Crippen molar-refractivity contribution < 1.29 is 23.9 Å². The third-order valence-electron chi connectivity index (χ3n) is 2.10. The van der Waals surface area contributed by atoms with Gasteiger partial charge in [-0.05, 0) is 13.3 Å². The molecule has 0 atom stereocenters. The van der Waals surface area contributed by atoms with Gasteiger partial charge in [0.25, 0.3) is 0 Å². The van der Waals surface area contributed by atoms with Crippen LogP contribution in [0.25, 0.3) is 0 Å². The maximum absolute atomic E-state index is 10.7. The third kappa shape index (κ3) is 20.3. The van der Waals surface area contributed by atoms with Crippen molar-refractivity contribution in [2.75, 3.05) is 19.8 Å². The SMILES string of the molecule is C=C(C)C(=O)OCCOC(N)=O.CCCCCCN=C=O. The Morgan fingerprint density at radius 2 is 1.81 bits per heavy atom. The highest BCUT2D eigenvalue weighted by Crippen LogP contribution is 1.97. The molecule has 0 unspecified atom stereocenters. The minimum Gasteiger partial charge on any atom is -0.459 e. The average Bonchev–Trinajstić information content (AvgIpc) is 2.43. The molecular formula is C14H24N2O5. The summed E-state index contributed by atoms with van der Waals surface area (Å²) in [5.74, 6) is -0.511. The van der Waals surface area contributed by atoms with Crippen LogP contribution in [0.2, 0.25) is 0 Å². The number of amides is 1. The van der Waals surface area contributed by atoms with E-state index in [1.165, 1.54) is 32.3 Å². The van der Waals surface area contributed by atoms with E-state index < -0.39 is 12.1 Å². The predicted molar refractivity (Wildman–Crippen MR) is 78.4 cm³/mol. The fourth-order valence-electron chi connectivity index (χ4n) is 1.06. The number of nitrogens with zero attached hydrogens (tertiary/aromatic N) is 1. The lowest BCUT2D eigenvalue weighted by Crippen LogP contribution is -2.18. The number of primary amides is 1. The van der Waals surface area contributed by atoms with Crippen molar-refractivity contribution >= 4 is 18.1 Å². The Hall–Kier alpha value is -2.14. The highest BCUT2D eigenvalue weighted by atomic mass is 16.6. The van der Waals surface area contributed by atoms with Crippen LogP contribution in [0, 0.1) is 0 Å². The molecule has 21 heavy (non-hydrogen) atoms. The number of carbonyl (C=O) groups is 2. The zero-order chi connectivity index (χ0) is 16.5. The van der Waals surface area contributed by atoms with E-state index in [0.717, 1.165) is 6.42 Å². The molecule has 1 amide bonds. The summed E-state index contributed by atoms with van der Waals surface area (Å²) in [6.07, 6.45) is 5.32. The quantitative estimate of drug-likeness (QED) is 0.231. The first-order valence-electron chi connectivity index (χ1n) is 6.74. The van der Waals surface area contributed by atoms with Gasteiger partial charge in [0, 0.05) is 5.57 Å². The second-order valence-corrected chi connectivity index (χ2v) is 4.12. The normalized spacial score (nSPS) is 8.67. The number of nitrogens with two attached hydrogens (primary N) is 1. The van der Waals surface area contributed by atoms with Gasteiger partial charge in [0.2, 0.25) is 6.08 Å². The van der Waals surface area contributed by atoms with Crippen molar-refractivity contribution in [3.05, 3.63) is 12.2 Å². The molecule has 7 nitrogen and oxygen atoms in total. The molecule has 0 bridgehead atoms. The Kier molecular flexibility index (Phi) is 16.0. The largest absolute Gasteiger partial charge is 0.459 e. The highest BCUT2D eigenvalue weighted by molar-refractivity contribution is 5.86. The number of ether oxygens (including phenoxy) is 2. The molecule has 0 aliphatic heterocycles. The lowest BCUT2D eigenvalue weighted by atomic mass is 10.2. The molecule has 0 rings (SSSR count). The predicted octanol–water partition coefficient (Wildman–Crippen LogP) is 2.10. The minimum absolute atomic E-state index is 0.00532. The number of hydrogen-bond donors (Lipinski definition) is 1. The van der Waals surface area contributed by atoms with Gasteiger partial charge in [-0.1, -0.05) is 32.8 Å². The van der Waals surface area contributed by atoms with E-state index >= 15 is 0 Å². The Morgan fingerprint density at radius 3 is 2.29 bits per heavy atom. The van der Waals surface area contributed by atoms with Crippen LogP contribution in [0.3, 0.4) is 0 Å². The number of esters is 1. The Balaban J connectivity index is 0. The van der Waals surface area contributed by atoms with Crippen LogP contribution in [0.15, 0.2) is 17.1 Å². The maximum Gasteiger partial charge on any atom is 0.404 e. The summed E-state index contributed by atoms with van der Waals surface area (Å²) >= 11 is 0. The summed E-state index contributed by atoms with van der Waals surface area (Å²) in [7, 11) is 0. The maximum atomic E-state index is 10.7. The zero-order valence-electron chi connectivity index (χ0n) is 12.7. The zero-order valence-corrected chi connectivity index (χ0v) is 12.7. The van der Waals surface area contributed by atoms with E-state index in [4.69, 9.17) is 0 Å². The van der Waals surface area contributed by atoms with Crippen LogP contribution in [-0.2, 0) is 19.1 Å². The van der Waals surface area contributed by atoms with Gasteiger partial charge >= 0.3 is 12.1 Å². The monoisotopic (exact) mass is 300 g/mol. The topological polar surface area (TPSA) is 108 Å². The molecule has 0 aromatic rings. The van der Waals surface area contributed by atoms with E-state index in [1.807, 2.05) is 0 Å². The Morgan fingerprint density at radius 1 is 1.19 bits per heavy atom. The van der Waals surface area contributed by atoms with E-state index in [-0.39, 0.29) is 13.2 Å². The molecule has 120 valence electrons. The van der Waals surface area contributed by atoms with Gasteiger partial charge in [-0.25, -0.2) is 19.4 Å². The number of rotatable bonds is 9. The molecular weight excluding hydrogens is 276 g/mol. The fourth-order valence-corrected chi connectivity index (χ4v) is 1.06. The van der Waals surface area contributed by atoms with Gasteiger partial charge < -0.3 is 15.2 Å². The molecule has 0 spiro atoms. The number of unbranched alkanes of at least 4 members (excludes halogenated alkanes) is 3.